The van der Waals surface area contributed by atoms with E-state index in [4.69, 9.17) is 39.2 Å². The highest BCUT2D eigenvalue weighted by Gasteiger charge is 2.23. The lowest BCUT2D eigenvalue weighted by atomic mass is 9.93. The van der Waals surface area contributed by atoms with Crippen LogP contribution in [-0.2, 0) is 6.42 Å². The molecule has 1 heterocycles. The van der Waals surface area contributed by atoms with Gasteiger partial charge in [-0.3, -0.25) is 0 Å². The van der Waals surface area contributed by atoms with E-state index in [9.17, 15) is 0 Å². The SMILES string of the molecule is Clc1cc(Cl)c(NC2CCCc3occc32)c(Cl)c1. The standard InChI is InChI=1S/C14H12Cl3NO/c15-8-6-10(16)14(11(17)7-8)18-12-2-1-3-13-9(12)4-5-19-13/h4-7,12,18H,1-3H2. The molecule has 0 amide bonds. The van der Waals surface area contributed by atoms with E-state index in [1.54, 1.807) is 18.4 Å². The third-order valence-corrected chi connectivity index (χ3v) is 4.19. The van der Waals surface area contributed by atoms with Gasteiger partial charge in [-0.15, -0.1) is 0 Å². The molecule has 1 aromatic heterocycles. The minimum absolute atomic E-state index is 0.179. The van der Waals surface area contributed by atoms with E-state index < -0.39 is 0 Å². The summed E-state index contributed by atoms with van der Waals surface area (Å²) < 4.78 is 5.48. The van der Waals surface area contributed by atoms with Gasteiger partial charge in [0.1, 0.15) is 5.76 Å². The molecule has 1 aromatic carbocycles. The number of rotatable bonds is 2. The number of hydrogen-bond donors (Lipinski definition) is 1. The van der Waals surface area contributed by atoms with Gasteiger partial charge < -0.3 is 9.73 Å². The lowest BCUT2D eigenvalue weighted by molar-refractivity contribution is 0.461. The maximum absolute atomic E-state index is 6.20. The van der Waals surface area contributed by atoms with E-state index in [1.165, 1.54) is 5.56 Å². The summed E-state index contributed by atoms with van der Waals surface area (Å²) in [6.45, 7) is 0. The Kier molecular flexibility index (Phi) is 3.66. The van der Waals surface area contributed by atoms with Crippen molar-refractivity contribution < 1.29 is 4.42 Å². The summed E-state index contributed by atoms with van der Waals surface area (Å²) in [5.41, 5.74) is 1.92. The third-order valence-electron chi connectivity index (χ3n) is 3.38. The maximum atomic E-state index is 6.20. The Morgan fingerprint density at radius 2 is 1.89 bits per heavy atom. The number of aryl methyl sites for hydroxylation is 1. The Hall–Kier alpha value is -0.830. The molecule has 19 heavy (non-hydrogen) atoms. The second-order valence-corrected chi connectivity index (χ2v) is 5.88. The van der Waals surface area contributed by atoms with Crippen molar-refractivity contribution in [3.05, 3.63) is 50.9 Å². The van der Waals surface area contributed by atoms with Crippen molar-refractivity contribution in [2.24, 2.45) is 0 Å². The van der Waals surface area contributed by atoms with E-state index in [0.29, 0.717) is 15.1 Å². The molecule has 0 radical (unpaired) electrons. The number of hydrogen-bond acceptors (Lipinski definition) is 2. The maximum Gasteiger partial charge on any atom is 0.109 e. The van der Waals surface area contributed by atoms with E-state index in [-0.39, 0.29) is 6.04 Å². The van der Waals surface area contributed by atoms with Crippen molar-refractivity contribution in [3.8, 4) is 0 Å². The fourth-order valence-electron chi connectivity index (χ4n) is 2.49. The Morgan fingerprint density at radius 3 is 2.63 bits per heavy atom. The molecule has 1 N–H and O–H groups in total. The molecule has 2 aromatic rings. The van der Waals surface area contributed by atoms with Crippen LogP contribution in [0.4, 0.5) is 5.69 Å². The average molecular weight is 317 g/mol. The van der Waals surface area contributed by atoms with Crippen LogP contribution in [0.1, 0.15) is 30.2 Å². The normalized spacial score (nSPS) is 18.2. The van der Waals surface area contributed by atoms with E-state index >= 15 is 0 Å². The second-order valence-electron chi connectivity index (χ2n) is 4.63. The van der Waals surface area contributed by atoms with Gasteiger partial charge in [0, 0.05) is 17.0 Å². The van der Waals surface area contributed by atoms with Crippen LogP contribution in [0.5, 0.6) is 0 Å². The lowest BCUT2D eigenvalue weighted by Gasteiger charge is -2.25. The first kappa shape index (κ1) is 13.2. The number of nitrogens with one attached hydrogen (secondary N) is 1. The van der Waals surface area contributed by atoms with Crippen LogP contribution in [0.2, 0.25) is 15.1 Å². The first-order valence-electron chi connectivity index (χ1n) is 6.12. The summed E-state index contributed by atoms with van der Waals surface area (Å²) in [6, 6.07) is 5.56. The summed E-state index contributed by atoms with van der Waals surface area (Å²) in [5.74, 6) is 1.05. The molecule has 100 valence electrons. The van der Waals surface area contributed by atoms with Gasteiger partial charge in [-0.2, -0.15) is 0 Å². The van der Waals surface area contributed by atoms with Crippen LogP contribution in [-0.4, -0.2) is 0 Å². The summed E-state index contributed by atoms with van der Waals surface area (Å²) in [4.78, 5) is 0. The smallest absolute Gasteiger partial charge is 0.109 e. The number of benzene rings is 1. The largest absolute Gasteiger partial charge is 0.469 e. The molecule has 0 aliphatic heterocycles. The molecule has 0 fully saturated rings. The van der Waals surface area contributed by atoms with Crippen LogP contribution in [0.25, 0.3) is 0 Å². The highest BCUT2D eigenvalue weighted by molar-refractivity contribution is 6.41. The van der Waals surface area contributed by atoms with Gasteiger partial charge >= 0.3 is 0 Å². The van der Waals surface area contributed by atoms with Crippen LogP contribution in [0, 0.1) is 0 Å². The number of anilines is 1. The molecule has 3 rings (SSSR count). The van der Waals surface area contributed by atoms with Gasteiger partial charge in [-0.1, -0.05) is 34.8 Å². The second kappa shape index (κ2) is 5.28. The molecule has 1 atom stereocenters. The first-order chi connectivity index (χ1) is 9.15. The predicted octanol–water partition coefficient (Wildman–Crippen LogP) is 5.73. The van der Waals surface area contributed by atoms with E-state index in [2.05, 4.69) is 5.32 Å². The van der Waals surface area contributed by atoms with Crippen LogP contribution >= 0.6 is 34.8 Å². The number of halogens is 3. The zero-order valence-electron chi connectivity index (χ0n) is 10.1. The van der Waals surface area contributed by atoms with E-state index in [0.717, 1.165) is 30.7 Å². The summed E-state index contributed by atoms with van der Waals surface area (Å²) in [5, 5.41) is 5.01. The summed E-state index contributed by atoms with van der Waals surface area (Å²) >= 11 is 18.3. The van der Waals surface area contributed by atoms with Gasteiger partial charge in [0.25, 0.3) is 0 Å². The van der Waals surface area contributed by atoms with Gasteiger partial charge in [0.15, 0.2) is 0 Å². The van der Waals surface area contributed by atoms with Crippen LogP contribution in [0.15, 0.2) is 28.9 Å². The highest BCUT2D eigenvalue weighted by atomic mass is 35.5. The molecule has 5 heteroatoms. The lowest BCUT2D eigenvalue weighted by Crippen LogP contribution is -2.16. The fraction of sp³-hybridized carbons (Fsp3) is 0.286. The minimum atomic E-state index is 0.179. The van der Waals surface area contributed by atoms with Crippen molar-refractivity contribution in [3.63, 3.8) is 0 Å². The van der Waals surface area contributed by atoms with Gasteiger partial charge in [-0.05, 0) is 31.0 Å². The third kappa shape index (κ3) is 2.58. The van der Waals surface area contributed by atoms with Crippen molar-refractivity contribution in [1.29, 1.82) is 0 Å². The minimum Gasteiger partial charge on any atom is -0.469 e. The monoisotopic (exact) mass is 315 g/mol. The molecule has 1 aliphatic carbocycles. The molecule has 2 nitrogen and oxygen atoms in total. The molecule has 1 aliphatic rings. The predicted molar refractivity (Wildman–Crippen MR) is 79.5 cm³/mol. The topological polar surface area (TPSA) is 25.2 Å². The first-order valence-corrected chi connectivity index (χ1v) is 7.26. The molecular formula is C14H12Cl3NO. The molecule has 0 spiro atoms. The Balaban J connectivity index is 1.92. The average Bonchev–Trinajstić information content (AvgIpc) is 2.82. The summed E-state index contributed by atoms with van der Waals surface area (Å²) in [6.07, 6.45) is 4.83. The zero-order chi connectivity index (χ0) is 13.4. The van der Waals surface area contributed by atoms with Crippen molar-refractivity contribution in [2.45, 2.75) is 25.3 Å². The number of furan rings is 1. The quantitative estimate of drug-likeness (QED) is 0.765. The van der Waals surface area contributed by atoms with E-state index in [1.807, 2.05) is 6.07 Å². The van der Waals surface area contributed by atoms with Crippen molar-refractivity contribution in [2.75, 3.05) is 5.32 Å². The Bertz CT molecular complexity index is 585. The Labute approximate surface area is 126 Å². The van der Waals surface area contributed by atoms with Gasteiger partial charge in [-0.25, -0.2) is 0 Å². The molecular weight excluding hydrogens is 305 g/mol. The van der Waals surface area contributed by atoms with Crippen LogP contribution in [0.3, 0.4) is 0 Å². The summed E-state index contributed by atoms with van der Waals surface area (Å²) in [7, 11) is 0. The molecule has 0 saturated heterocycles. The Morgan fingerprint density at radius 1 is 1.16 bits per heavy atom. The molecule has 0 saturated carbocycles. The molecule has 0 bridgehead atoms. The fourth-order valence-corrected chi connectivity index (χ4v) is 3.42. The number of fused-ring (bicyclic) bond motifs is 1. The van der Waals surface area contributed by atoms with Gasteiger partial charge in [0.2, 0.25) is 0 Å². The zero-order valence-corrected chi connectivity index (χ0v) is 12.3. The molecule has 1 unspecified atom stereocenters. The van der Waals surface area contributed by atoms with Crippen molar-refractivity contribution in [1.82, 2.24) is 0 Å². The van der Waals surface area contributed by atoms with Gasteiger partial charge in [0.05, 0.1) is 28.0 Å². The highest BCUT2D eigenvalue weighted by Crippen LogP contribution is 2.39. The van der Waals surface area contributed by atoms with Crippen LogP contribution < -0.4 is 5.32 Å². The van der Waals surface area contributed by atoms with Crippen molar-refractivity contribution >= 4 is 40.5 Å².